The number of nitrogens with one attached hydrogen (secondary N) is 1. The number of amides is 2. The zero-order valence-corrected chi connectivity index (χ0v) is 17.4. The van der Waals surface area contributed by atoms with E-state index in [4.69, 9.17) is 11.6 Å². The van der Waals surface area contributed by atoms with Gasteiger partial charge >= 0.3 is 0 Å². The molecule has 2 fully saturated rings. The molecule has 3 rings (SSSR count). The fraction of sp³-hybridized carbons (Fsp3) is 0.619. The molecule has 2 aliphatic heterocycles. The van der Waals surface area contributed by atoms with Crippen LogP contribution in [0, 0.1) is 5.92 Å². The van der Waals surface area contributed by atoms with Gasteiger partial charge in [-0.05, 0) is 31.4 Å². The highest BCUT2D eigenvalue weighted by molar-refractivity contribution is 6.33. The maximum atomic E-state index is 13.1. The minimum Gasteiger partial charge on any atom is -0.338 e. The van der Waals surface area contributed by atoms with Gasteiger partial charge in [0.05, 0.1) is 22.3 Å². The van der Waals surface area contributed by atoms with Crippen LogP contribution in [0.15, 0.2) is 24.3 Å². The smallest absolute Gasteiger partial charge is 0.255 e. The summed E-state index contributed by atoms with van der Waals surface area (Å²) in [6.45, 7) is 9.62. The van der Waals surface area contributed by atoms with Gasteiger partial charge < -0.3 is 9.80 Å². The maximum Gasteiger partial charge on any atom is 0.255 e. The summed E-state index contributed by atoms with van der Waals surface area (Å²) >= 11 is 6.20. The highest BCUT2D eigenvalue weighted by atomic mass is 35.5. The van der Waals surface area contributed by atoms with Gasteiger partial charge in [-0.25, -0.2) is 0 Å². The van der Waals surface area contributed by atoms with Gasteiger partial charge in [-0.3, -0.25) is 14.9 Å². The Morgan fingerprint density at radius 2 is 1.89 bits per heavy atom. The highest BCUT2D eigenvalue weighted by Gasteiger charge is 2.53. The summed E-state index contributed by atoms with van der Waals surface area (Å²) in [5.41, 5.74) is 0.197. The van der Waals surface area contributed by atoms with E-state index >= 15 is 0 Å². The number of likely N-dealkylation sites (tertiary alicyclic amines) is 1. The molecule has 1 aromatic carbocycles. The summed E-state index contributed by atoms with van der Waals surface area (Å²) in [5, 5.41) is 4.13. The van der Waals surface area contributed by atoms with Crippen LogP contribution in [0.3, 0.4) is 0 Å². The van der Waals surface area contributed by atoms with Gasteiger partial charge in [-0.2, -0.15) is 0 Å². The summed E-state index contributed by atoms with van der Waals surface area (Å²) in [4.78, 5) is 29.9. The third-order valence-corrected chi connectivity index (χ3v) is 6.40. The number of hydrogen-bond donors (Lipinski definition) is 1. The minimum absolute atomic E-state index is 0.0322. The molecule has 0 aromatic heterocycles. The first-order valence-corrected chi connectivity index (χ1v) is 10.3. The molecule has 2 saturated heterocycles. The molecule has 27 heavy (non-hydrogen) atoms. The van der Waals surface area contributed by atoms with Crippen molar-refractivity contribution in [3.63, 3.8) is 0 Å². The van der Waals surface area contributed by atoms with Crippen LogP contribution in [-0.2, 0) is 4.79 Å². The lowest BCUT2D eigenvalue weighted by atomic mass is 9.93. The molecule has 2 atom stereocenters. The molecular formula is C21H30ClN3O2. The number of rotatable bonds is 4. The molecule has 5 nitrogen and oxygen atoms in total. The van der Waals surface area contributed by atoms with Gasteiger partial charge in [0, 0.05) is 32.0 Å². The van der Waals surface area contributed by atoms with Gasteiger partial charge in [-0.15, -0.1) is 0 Å². The maximum absolute atomic E-state index is 13.1. The molecule has 0 aliphatic carbocycles. The van der Waals surface area contributed by atoms with Crippen LogP contribution in [0.4, 0.5) is 0 Å². The predicted octanol–water partition coefficient (Wildman–Crippen LogP) is 3.53. The van der Waals surface area contributed by atoms with Gasteiger partial charge in [0.1, 0.15) is 0 Å². The fourth-order valence-electron chi connectivity index (χ4n) is 4.32. The second-order valence-corrected chi connectivity index (χ2v) is 8.54. The van der Waals surface area contributed by atoms with Crippen molar-refractivity contribution in [3.8, 4) is 0 Å². The summed E-state index contributed by atoms with van der Waals surface area (Å²) in [5.74, 6) is 0.409. The quantitative estimate of drug-likeness (QED) is 0.854. The van der Waals surface area contributed by atoms with E-state index in [-0.39, 0.29) is 35.5 Å². The lowest BCUT2D eigenvalue weighted by Crippen LogP contribution is -2.61. The van der Waals surface area contributed by atoms with E-state index in [0.29, 0.717) is 23.7 Å². The zero-order chi connectivity index (χ0) is 19.8. The van der Waals surface area contributed by atoms with E-state index in [1.54, 1.807) is 12.1 Å². The minimum atomic E-state index is -0.349. The first-order valence-electron chi connectivity index (χ1n) is 9.95. The number of benzene rings is 1. The highest BCUT2D eigenvalue weighted by Crippen LogP contribution is 2.37. The van der Waals surface area contributed by atoms with E-state index in [2.05, 4.69) is 37.9 Å². The summed E-state index contributed by atoms with van der Waals surface area (Å²) < 4.78 is 0. The topological polar surface area (TPSA) is 52.7 Å². The molecule has 148 valence electrons. The van der Waals surface area contributed by atoms with Gasteiger partial charge in [-0.1, -0.05) is 44.5 Å². The SMILES string of the molecule is CC[C@H](C)N1C(=O)[C@@H](C(C)C)NC12CCN(C(=O)c1ccccc1Cl)CC2. The number of carbonyl (C=O) groups excluding carboxylic acids is 2. The Labute approximate surface area is 167 Å². The average Bonchev–Trinajstić information content (AvgIpc) is 2.94. The standard InChI is InChI=1S/C21H30ClN3O2/c1-5-15(4)25-20(27)18(14(2)3)23-21(25)10-12-24(13-11-21)19(26)16-8-6-7-9-17(16)22/h6-9,14-15,18,23H,5,10-13H2,1-4H3/t15-,18+/m0/s1. The van der Waals surface area contributed by atoms with Crippen LogP contribution in [0.5, 0.6) is 0 Å². The number of hydrogen-bond acceptors (Lipinski definition) is 3. The van der Waals surface area contributed by atoms with Crippen LogP contribution < -0.4 is 5.32 Å². The molecule has 1 spiro atoms. The van der Waals surface area contributed by atoms with Crippen molar-refractivity contribution in [1.82, 2.24) is 15.1 Å². The Morgan fingerprint density at radius 1 is 1.26 bits per heavy atom. The van der Waals surface area contributed by atoms with Crippen molar-refractivity contribution in [1.29, 1.82) is 0 Å². The molecule has 2 amide bonds. The van der Waals surface area contributed by atoms with Crippen LogP contribution in [0.25, 0.3) is 0 Å². The van der Waals surface area contributed by atoms with Crippen LogP contribution >= 0.6 is 11.6 Å². The van der Waals surface area contributed by atoms with E-state index in [0.717, 1.165) is 19.3 Å². The van der Waals surface area contributed by atoms with Crippen molar-refractivity contribution in [2.45, 2.75) is 64.7 Å². The normalized spacial score (nSPS) is 23.3. The number of nitrogens with zero attached hydrogens (tertiary/aromatic N) is 2. The Balaban J connectivity index is 1.78. The van der Waals surface area contributed by atoms with Gasteiger partial charge in [0.2, 0.25) is 5.91 Å². The molecule has 1 aromatic rings. The monoisotopic (exact) mass is 391 g/mol. The molecule has 0 unspecified atom stereocenters. The Morgan fingerprint density at radius 3 is 2.44 bits per heavy atom. The number of halogens is 1. The van der Waals surface area contributed by atoms with E-state index in [9.17, 15) is 9.59 Å². The number of carbonyl (C=O) groups is 2. The van der Waals surface area contributed by atoms with E-state index < -0.39 is 0 Å². The van der Waals surface area contributed by atoms with Crippen molar-refractivity contribution in [2.75, 3.05) is 13.1 Å². The largest absolute Gasteiger partial charge is 0.338 e. The van der Waals surface area contributed by atoms with Crippen molar-refractivity contribution < 1.29 is 9.59 Å². The molecule has 2 heterocycles. The molecule has 0 saturated carbocycles. The molecule has 0 radical (unpaired) electrons. The third-order valence-electron chi connectivity index (χ3n) is 6.07. The van der Waals surface area contributed by atoms with Crippen molar-refractivity contribution in [3.05, 3.63) is 34.9 Å². The van der Waals surface area contributed by atoms with Crippen molar-refractivity contribution >= 4 is 23.4 Å². The van der Waals surface area contributed by atoms with Gasteiger partial charge in [0.15, 0.2) is 0 Å². The lowest BCUT2D eigenvalue weighted by Gasteiger charge is -2.46. The third kappa shape index (κ3) is 3.59. The number of piperidine rings is 1. The Bertz CT molecular complexity index is 713. The molecule has 2 aliphatic rings. The van der Waals surface area contributed by atoms with Crippen LogP contribution in [0.1, 0.15) is 57.3 Å². The van der Waals surface area contributed by atoms with Crippen LogP contribution in [-0.4, -0.2) is 52.5 Å². The molecular weight excluding hydrogens is 362 g/mol. The van der Waals surface area contributed by atoms with Crippen LogP contribution in [0.2, 0.25) is 5.02 Å². The van der Waals surface area contributed by atoms with Crippen molar-refractivity contribution in [2.24, 2.45) is 5.92 Å². The summed E-state index contributed by atoms with van der Waals surface area (Å²) in [7, 11) is 0. The fourth-order valence-corrected chi connectivity index (χ4v) is 4.54. The molecule has 1 N–H and O–H groups in total. The molecule has 6 heteroatoms. The second-order valence-electron chi connectivity index (χ2n) is 8.14. The average molecular weight is 392 g/mol. The Kier molecular flexibility index (Phi) is 5.82. The summed E-state index contributed by atoms with van der Waals surface area (Å²) in [6, 6.07) is 7.21. The zero-order valence-electron chi connectivity index (χ0n) is 16.7. The van der Waals surface area contributed by atoms with Gasteiger partial charge in [0.25, 0.3) is 5.91 Å². The molecule has 0 bridgehead atoms. The first-order chi connectivity index (χ1) is 12.8. The first kappa shape index (κ1) is 20.2. The predicted molar refractivity (Wildman–Crippen MR) is 108 cm³/mol. The van der Waals surface area contributed by atoms with E-state index in [1.807, 2.05) is 17.0 Å². The lowest BCUT2D eigenvalue weighted by molar-refractivity contribution is -0.136. The Hall–Kier alpha value is -1.59. The summed E-state index contributed by atoms with van der Waals surface area (Å²) in [6.07, 6.45) is 2.40. The van der Waals surface area contributed by atoms with E-state index in [1.165, 1.54) is 0 Å². The second kappa shape index (κ2) is 7.80.